The summed E-state index contributed by atoms with van der Waals surface area (Å²) in [5.41, 5.74) is 2.95. The Hall–Kier alpha value is -6.11. The van der Waals surface area contributed by atoms with E-state index >= 15 is 4.79 Å². The zero-order valence-corrected chi connectivity index (χ0v) is 36.3. The molecule has 1 saturated carbocycles. The number of phenols is 4. The van der Waals surface area contributed by atoms with Gasteiger partial charge in [-0.25, -0.2) is 0 Å². The molecular weight excluding hydrogens is 799 g/mol. The third kappa shape index (κ3) is 10.4. The van der Waals surface area contributed by atoms with E-state index in [4.69, 9.17) is 9.47 Å². The lowest BCUT2D eigenvalue weighted by Crippen LogP contribution is -2.50. The van der Waals surface area contributed by atoms with Gasteiger partial charge in [0.05, 0.1) is 31.8 Å². The summed E-state index contributed by atoms with van der Waals surface area (Å²) in [7, 11) is 1.48. The predicted molar refractivity (Wildman–Crippen MR) is 244 cm³/mol. The molecule has 0 unspecified atom stereocenters. The number of aromatic hydroxyl groups is 4. The summed E-state index contributed by atoms with van der Waals surface area (Å²) >= 11 is 0. The summed E-state index contributed by atoms with van der Waals surface area (Å²) in [6.45, 7) is 5.05. The van der Waals surface area contributed by atoms with Gasteiger partial charge in [-0.2, -0.15) is 0 Å². The number of aromatic amines is 1. The van der Waals surface area contributed by atoms with Crippen LogP contribution < -0.4 is 20.1 Å². The number of ketones is 1. The number of methoxy groups -OCH3 is 1. The number of carbonyl (C=O) groups is 1. The van der Waals surface area contributed by atoms with E-state index in [1.807, 2.05) is 48.7 Å². The van der Waals surface area contributed by atoms with Crippen LogP contribution in [-0.2, 0) is 24.1 Å². The Kier molecular flexibility index (Phi) is 14.2. The average Bonchev–Trinajstić information content (AvgIpc) is 3.91. The first kappa shape index (κ1) is 44.9. The van der Waals surface area contributed by atoms with Crippen LogP contribution in [0.4, 0.5) is 5.69 Å². The van der Waals surface area contributed by atoms with Gasteiger partial charge in [-0.15, -0.1) is 0 Å². The van der Waals surface area contributed by atoms with Gasteiger partial charge >= 0.3 is 0 Å². The van der Waals surface area contributed by atoms with Gasteiger partial charge in [-0.05, 0) is 151 Å². The summed E-state index contributed by atoms with van der Waals surface area (Å²) in [6, 6.07) is 23.1. The SMILES string of the molecule is COc1cc(CC[C@@H](O)[C@H](C(=O)CCc2cc(O)c(O)c(OCCCC(C)C)c2)[C@@]2(C3=CCNC(Nc4ccc5cc(O)ccc5c4)=C3)CC[C@@H](O)[C@H]2Cc2ccc[nH]2)ccc1O. The molecule has 0 spiro atoms. The first-order chi connectivity index (χ1) is 30.3. The second-order valence-corrected chi connectivity index (χ2v) is 17.5. The molecule has 1 fully saturated rings. The van der Waals surface area contributed by atoms with Gasteiger partial charge < -0.3 is 55.7 Å². The minimum absolute atomic E-state index is 0.00215. The number of carbonyl (C=O) groups excluding carboxylic acids is 1. The molecule has 63 heavy (non-hydrogen) atoms. The molecule has 0 saturated heterocycles. The highest BCUT2D eigenvalue weighted by atomic mass is 16.5. The quantitative estimate of drug-likeness (QED) is 0.0269. The molecule has 5 aromatic rings. The van der Waals surface area contributed by atoms with Crippen molar-refractivity contribution in [1.29, 1.82) is 0 Å². The molecule has 0 bridgehead atoms. The Balaban J connectivity index is 1.26. The van der Waals surface area contributed by atoms with Gasteiger partial charge in [-0.3, -0.25) is 4.79 Å². The van der Waals surface area contributed by atoms with Gasteiger partial charge in [0.1, 0.15) is 17.4 Å². The Morgan fingerprint density at radius 2 is 1.70 bits per heavy atom. The number of aromatic nitrogens is 1. The smallest absolute Gasteiger partial charge is 0.200 e. The maximum Gasteiger partial charge on any atom is 0.200 e. The van der Waals surface area contributed by atoms with Crippen molar-refractivity contribution in [3.8, 4) is 34.5 Å². The van der Waals surface area contributed by atoms with Crippen molar-refractivity contribution < 1.29 is 44.9 Å². The maximum atomic E-state index is 15.3. The van der Waals surface area contributed by atoms with Gasteiger partial charge in [0.15, 0.2) is 23.0 Å². The number of fused-ring (bicyclic) bond motifs is 1. The van der Waals surface area contributed by atoms with E-state index in [2.05, 4.69) is 35.5 Å². The van der Waals surface area contributed by atoms with Crippen LogP contribution in [0, 0.1) is 23.2 Å². The Morgan fingerprint density at radius 3 is 2.48 bits per heavy atom. The maximum absolute atomic E-state index is 15.3. The number of anilines is 1. The number of hydrogen-bond donors (Lipinski definition) is 9. The van der Waals surface area contributed by atoms with E-state index in [9.17, 15) is 30.6 Å². The number of phenolic OH excluding ortho intramolecular Hbond substituents is 4. The van der Waals surface area contributed by atoms with Gasteiger partial charge in [0, 0.05) is 41.9 Å². The number of hydrogen-bond acceptors (Lipinski definition) is 11. The highest BCUT2D eigenvalue weighted by molar-refractivity contribution is 5.87. The van der Waals surface area contributed by atoms with Crippen molar-refractivity contribution in [2.45, 2.75) is 83.8 Å². The monoisotopic (exact) mass is 859 g/mol. The third-order valence-corrected chi connectivity index (χ3v) is 12.9. The van der Waals surface area contributed by atoms with Crippen LogP contribution in [0.25, 0.3) is 10.8 Å². The van der Waals surface area contributed by atoms with Crippen LogP contribution >= 0.6 is 0 Å². The normalized spacial score (nSPS) is 19.6. The van der Waals surface area contributed by atoms with Crippen LogP contribution in [0.2, 0.25) is 0 Å². The first-order valence-electron chi connectivity index (χ1n) is 22.0. The van der Waals surface area contributed by atoms with Crippen molar-refractivity contribution in [3.05, 3.63) is 125 Å². The fourth-order valence-electron chi connectivity index (χ4n) is 9.70. The number of aryl methyl sites for hydroxylation is 2. The predicted octanol–water partition coefficient (Wildman–Crippen LogP) is 8.41. The van der Waals surface area contributed by atoms with Crippen LogP contribution in [-0.4, -0.2) is 73.9 Å². The second kappa shape index (κ2) is 19.9. The molecule has 4 aromatic carbocycles. The zero-order chi connectivity index (χ0) is 44.7. The molecule has 9 N–H and O–H groups in total. The second-order valence-electron chi connectivity index (χ2n) is 17.5. The number of rotatable bonds is 20. The summed E-state index contributed by atoms with van der Waals surface area (Å²) in [4.78, 5) is 18.6. The van der Waals surface area contributed by atoms with Crippen LogP contribution in [0.1, 0.15) is 69.2 Å². The average molecular weight is 860 g/mol. The van der Waals surface area contributed by atoms with E-state index < -0.39 is 29.5 Å². The van der Waals surface area contributed by atoms with Crippen LogP contribution in [0.15, 0.2) is 109 Å². The lowest BCUT2D eigenvalue weighted by Gasteiger charge is -2.46. The molecule has 12 nitrogen and oxygen atoms in total. The van der Waals surface area contributed by atoms with Crippen molar-refractivity contribution in [2.24, 2.45) is 23.2 Å². The summed E-state index contributed by atoms with van der Waals surface area (Å²) in [5.74, 6) is -0.472. The Labute approximate surface area is 368 Å². The Bertz CT molecular complexity index is 2430. The molecule has 0 radical (unpaired) electrons. The number of ether oxygens (including phenoxy) is 2. The largest absolute Gasteiger partial charge is 0.508 e. The van der Waals surface area contributed by atoms with Crippen LogP contribution in [0.5, 0.6) is 34.5 Å². The summed E-state index contributed by atoms with van der Waals surface area (Å²) in [5, 5.41) is 75.1. The summed E-state index contributed by atoms with van der Waals surface area (Å²) < 4.78 is 11.3. The molecule has 1 aliphatic carbocycles. The molecule has 12 heteroatoms. The van der Waals surface area contributed by atoms with Crippen molar-refractivity contribution in [1.82, 2.24) is 10.3 Å². The van der Waals surface area contributed by atoms with E-state index in [1.165, 1.54) is 13.2 Å². The standard InChI is InChI=1S/C51H61N3O9/c1-31(2)6-5-23-63-47-26-33(24-45(60)50(47)61)10-17-44(59)49(43(58)16-9-32-8-15-42(57)46(25-32)62-3)51(20-18-41(56)40(51)30-37-7-4-21-52-37)36-19-22-53-48(29-36)54-38-13-11-35-28-39(55)14-12-34(35)27-38/h4,7-8,11-15,19,21,24-29,31,40-41,43,49,52-58,60-61H,5-6,9-10,16-18,20,22-23,30H2,1-3H3/t40-,41-,43-,49-,51-/m1/s1. The molecule has 1 aromatic heterocycles. The number of aliphatic hydroxyl groups is 2. The van der Waals surface area contributed by atoms with Crippen molar-refractivity contribution in [3.63, 3.8) is 0 Å². The lowest BCUT2D eigenvalue weighted by atomic mass is 9.58. The number of nitrogens with one attached hydrogen (secondary N) is 3. The van der Waals surface area contributed by atoms with Gasteiger partial charge in [0.2, 0.25) is 5.75 Å². The highest BCUT2D eigenvalue weighted by Crippen LogP contribution is 2.58. The molecule has 2 aliphatic rings. The zero-order valence-electron chi connectivity index (χ0n) is 36.3. The van der Waals surface area contributed by atoms with E-state index in [1.54, 1.807) is 36.4 Å². The molecule has 7 rings (SSSR count). The lowest BCUT2D eigenvalue weighted by molar-refractivity contribution is -0.134. The van der Waals surface area contributed by atoms with E-state index in [0.717, 1.165) is 46.1 Å². The van der Waals surface area contributed by atoms with Crippen molar-refractivity contribution >= 4 is 22.2 Å². The molecule has 2 heterocycles. The van der Waals surface area contributed by atoms with Crippen molar-refractivity contribution in [2.75, 3.05) is 25.6 Å². The highest BCUT2D eigenvalue weighted by Gasteiger charge is 2.58. The first-order valence-corrected chi connectivity index (χ1v) is 22.0. The van der Waals surface area contributed by atoms with E-state index in [0.29, 0.717) is 61.9 Å². The van der Waals surface area contributed by atoms with Gasteiger partial charge in [0.25, 0.3) is 0 Å². The minimum Gasteiger partial charge on any atom is -0.508 e. The Morgan fingerprint density at radius 1 is 0.905 bits per heavy atom. The summed E-state index contributed by atoms with van der Waals surface area (Å²) in [6.07, 6.45) is 7.78. The van der Waals surface area contributed by atoms with Gasteiger partial charge in [-0.1, -0.05) is 38.1 Å². The number of dihydropyridines is 1. The number of H-pyrrole nitrogens is 1. The number of Topliss-reactive ketones (excluding diaryl/α,β-unsaturated/α-hetero) is 1. The minimum atomic E-state index is -1.15. The topological polar surface area (TPSA) is 197 Å². The fraction of sp³-hybridized carbons (Fsp3) is 0.392. The molecule has 334 valence electrons. The van der Waals surface area contributed by atoms with E-state index in [-0.39, 0.29) is 53.8 Å². The number of aliphatic hydroxyl groups excluding tert-OH is 2. The number of allylic oxidation sites excluding steroid dienone is 2. The fourth-order valence-corrected chi connectivity index (χ4v) is 9.70. The molecule has 5 atom stereocenters. The molecule has 1 aliphatic heterocycles. The molecular formula is C51H61N3O9. The number of benzene rings is 4. The molecule has 0 amide bonds. The third-order valence-electron chi connectivity index (χ3n) is 12.9. The van der Waals surface area contributed by atoms with Crippen LogP contribution in [0.3, 0.4) is 0 Å².